The lowest BCUT2D eigenvalue weighted by Crippen LogP contribution is -2.09. The third-order valence-electron chi connectivity index (χ3n) is 9.72. The molecule has 3 heteroatoms. The Bertz CT molecular complexity index is 2770. The van der Waals surface area contributed by atoms with Gasteiger partial charge in [-0.2, -0.15) is 0 Å². The number of anilines is 3. The van der Waals surface area contributed by atoms with E-state index >= 15 is 0 Å². The van der Waals surface area contributed by atoms with Crippen molar-refractivity contribution in [1.82, 2.24) is 4.57 Å². The molecule has 0 spiro atoms. The summed E-state index contributed by atoms with van der Waals surface area (Å²) in [6, 6.07) is 64.9. The fraction of sp³-hybridized carbons (Fsp3) is 0. The first-order valence-corrected chi connectivity index (χ1v) is 16.7. The van der Waals surface area contributed by atoms with Crippen LogP contribution in [0.4, 0.5) is 17.1 Å². The van der Waals surface area contributed by atoms with E-state index in [0.717, 1.165) is 55.7 Å². The van der Waals surface area contributed by atoms with Crippen molar-refractivity contribution in [2.24, 2.45) is 0 Å². The van der Waals surface area contributed by atoms with Crippen LogP contribution in [0.2, 0.25) is 0 Å². The Morgan fingerprint density at radius 1 is 0.408 bits per heavy atom. The number of benzene rings is 8. The van der Waals surface area contributed by atoms with Crippen molar-refractivity contribution >= 4 is 71.6 Å². The van der Waals surface area contributed by atoms with Crippen molar-refractivity contribution in [2.75, 3.05) is 4.90 Å². The summed E-state index contributed by atoms with van der Waals surface area (Å²) in [5.74, 6) is 0. The topological polar surface area (TPSA) is 21.3 Å². The van der Waals surface area contributed by atoms with E-state index in [1.165, 1.54) is 32.7 Å². The van der Waals surface area contributed by atoms with Crippen molar-refractivity contribution in [3.8, 4) is 16.8 Å². The second kappa shape index (κ2) is 11.0. The molecule has 8 aromatic carbocycles. The van der Waals surface area contributed by atoms with Crippen LogP contribution in [0.3, 0.4) is 0 Å². The molecule has 49 heavy (non-hydrogen) atoms. The highest BCUT2D eigenvalue weighted by atomic mass is 16.3. The van der Waals surface area contributed by atoms with Gasteiger partial charge in [-0.1, -0.05) is 109 Å². The van der Waals surface area contributed by atoms with E-state index in [4.69, 9.17) is 4.42 Å². The van der Waals surface area contributed by atoms with E-state index in [0.29, 0.717) is 0 Å². The molecule has 10 rings (SSSR count). The zero-order valence-corrected chi connectivity index (χ0v) is 26.6. The second-order valence-corrected chi connectivity index (χ2v) is 12.6. The predicted molar refractivity (Wildman–Crippen MR) is 206 cm³/mol. The highest BCUT2D eigenvalue weighted by Gasteiger charge is 2.24. The van der Waals surface area contributed by atoms with Gasteiger partial charge in [-0.3, -0.25) is 0 Å². The molecule has 0 atom stereocenters. The summed E-state index contributed by atoms with van der Waals surface area (Å²) in [6.45, 7) is 0. The summed E-state index contributed by atoms with van der Waals surface area (Å²) >= 11 is 0. The molecule has 0 saturated carbocycles. The van der Waals surface area contributed by atoms with Crippen molar-refractivity contribution < 1.29 is 4.42 Å². The largest absolute Gasteiger partial charge is 0.456 e. The van der Waals surface area contributed by atoms with Gasteiger partial charge in [-0.15, -0.1) is 0 Å². The van der Waals surface area contributed by atoms with E-state index in [9.17, 15) is 0 Å². The standard InChI is InChI=1S/C46H30N2O/c1-4-16-34(17-5-1)47(35-18-6-2-7-19-35)37-26-27-40-39(29-37)45-41(48(40)36-20-8-3-9-21-36)30-43-46(38-22-12-13-23-42(38)49-43)44(45)33-25-24-31-14-10-11-15-32(31)28-33/h1-30H. The summed E-state index contributed by atoms with van der Waals surface area (Å²) in [5.41, 5.74) is 10.8. The molecule has 0 amide bonds. The van der Waals surface area contributed by atoms with Gasteiger partial charge in [0.2, 0.25) is 0 Å². The highest BCUT2D eigenvalue weighted by molar-refractivity contribution is 6.27. The molecule has 0 aliphatic heterocycles. The van der Waals surface area contributed by atoms with E-state index in [2.05, 4.69) is 185 Å². The summed E-state index contributed by atoms with van der Waals surface area (Å²) in [5, 5.41) is 7.08. The van der Waals surface area contributed by atoms with Gasteiger partial charge in [0, 0.05) is 55.9 Å². The lowest BCUT2D eigenvalue weighted by Gasteiger charge is -2.25. The number of aromatic nitrogens is 1. The van der Waals surface area contributed by atoms with Crippen LogP contribution in [0.1, 0.15) is 0 Å². The summed E-state index contributed by atoms with van der Waals surface area (Å²) in [4.78, 5) is 2.34. The Kier molecular flexibility index (Phi) is 6.18. The molecule has 0 fully saturated rings. The van der Waals surface area contributed by atoms with Gasteiger partial charge in [-0.05, 0) is 83.1 Å². The SMILES string of the molecule is c1ccc(N(c2ccccc2)c2ccc3c(c2)c2c(-c4ccc5ccccc5c4)c4c(cc2n3-c2ccccc2)oc2ccccc24)cc1. The maximum Gasteiger partial charge on any atom is 0.138 e. The van der Waals surface area contributed by atoms with Gasteiger partial charge in [0.15, 0.2) is 0 Å². The van der Waals surface area contributed by atoms with E-state index in [1.54, 1.807) is 0 Å². The molecule has 0 aliphatic rings. The van der Waals surface area contributed by atoms with Gasteiger partial charge in [0.1, 0.15) is 11.2 Å². The first-order chi connectivity index (χ1) is 24.3. The molecule has 2 heterocycles. The molecule has 230 valence electrons. The summed E-state index contributed by atoms with van der Waals surface area (Å²) < 4.78 is 9.04. The lowest BCUT2D eigenvalue weighted by molar-refractivity contribution is 0.669. The monoisotopic (exact) mass is 626 g/mol. The molecule has 0 N–H and O–H groups in total. The zero-order chi connectivity index (χ0) is 32.3. The molecule has 2 aromatic heterocycles. The van der Waals surface area contributed by atoms with Crippen LogP contribution in [0, 0.1) is 0 Å². The summed E-state index contributed by atoms with van der Waals surface area (Å²) in [7, 11) is 0. The number of furan rings is 1. The van der Waals surface area contributed by atoms with Crippen LogP contribution in [0.5, 0.6) is 0 Å². The number of nitrogens with zero attached hydrogens (tertiary/aromatic N) is 2. The molecule has 0 unspecified atom stereocenters. The Labute approximate surface area is 283 Å². The van der Waals surface area contributed by atoms with Crippen LogP contribution in [-0.4, -0.2) is 4.57 Å². The Morgan fingerprint density at radius 3 is 1.82 bits per heavy atom. The van der Waals surface area contributed by atoms with Gasteiger partial charge in [-0.25, -0.2) is 0 Å². The number of hydrogen-bond donors (Lipinski definition) is 0. The average Bonchev–Trinajstić information content (AvgIpc) is 3.70. The third kappa shape index (κ3) is 4.37. The first-order valence-electron chi connectivity index (χ1n) is 16.7. The smallest absolute Gasteiger partial charge is 0.138 e. The Hall–Kier alpha value is -6.58. The summed E-state index contributed by atoms with van der Waals surface area (Å²) in [6.07, 6.45) is 0. The number of para-hydroxylation sites is 4. The van der Waals surface area contributed by atoms with Crippen molar-refractivity contribution in [3.63, 3.8) is 0 Å². The quantitative estimate of drug-likeness (QED) is 0.190. The molecular weight excluding hydrogens is 597 g/mol. The Morgan fingerprint density at radius 2 is 1.06 bits per heavy atom. The molecule has 0 aliphatic carbocycles. The Balaban J connectivity index is 1.38. The van der Waals surface area contributed by atoms with Crippen LogP contribution < -0.4 is 4.90 Å². The molecule has 0 bridgehead atoms. The fourth-order valence-electron chi connectivity index (χ4n) is 7.60. The zero-order valence-electron chi connectivity index (χ0n) is 26.6. The lowest BCUT2D eigenvalue weighted by atomic mass is 9.92. The van der Waals surface area contributed by atoms with Crippen molar-refractivity contribution in [2.45, 2.75) is 0 Å². The average molecular weight is 627 g/mol. The van der Waals surface area contributed by atoms with Gasteiger partial charge < -0.3 is 13.9 Å². The van der Waals surface area contributed by atoms with Gasteiger partial charge in [0.25, 0.3) is 0 Å². The molecular formula is C46H30N2O. The first kappa shape index (κ1) is 27.5. The molecule has 3 nitrogen and oxygen atoms in total. The second-order valence-electron chi connectivity index (χ2n) is 12.6. The molecule has 10 aromatic rings. The van der Waals surface area contributed by atoms with Crippen molar-refractivity contribution in [3.05, 3.63) is 182 Å². The predicted octanol–water partition coefficient (Wildman–Crippen LogP) is 13.0. The minimum Gasteiger partial charge on any atom is -0.456 e. The number of rotatable bonds is 5. The molecule has 0 saturated heterocycles. The molecule has 0 radical (unpaired) electrons. The van der Waals surface area contributed by atoms with Crippen LogP contribution in [0.15, 0.2) is 186 Å². The normalized spacial score (nSPS) is 11.7. The minimum atomic E-state index is 0.882. The number of hydrogen-bond acceptors (Lipinski definition) is 2. The third-order valence-corrected chi connectivity index (χ3v) is 9.72. The minimum absolute atomic E-state index is 0.882. The van der Waals surface area contributed by atoms with E-state index < -0.39 is 0 Å². The van der Waals surface area contributed by atoms with Crippen LogP contribution >= 0.6 is 0 Å². The maximum atomic E-state index is 6.65. The fourth-order valence-corrected chi connectivity index (χ4v) is 7.60. The van der Waals surface area contributed by atoms with Crippen LogP contribution in [-0.2, 0) is 0 Å². The number of fused-ring (bicyclic) bond motifs is 7. The van der Waals surface area contributed by atoms with Gasteiger partial charge in [0.05, 0.1) is 11.0 Å². The van der Waals surface area contributed by atoms with E-state index in [1.807, 2.05) is 6.07 Å². The highest BCUT2D eigenvalue weighted by Crippen LogP contribution is 2.48. The van der Waals surface area contributed by atoms with Crippen LogP contribution in [0.25, 0.3) is 71.3 Å². The van der Waals surface area contributed by atoms with E-state index in [-0.39, 0.29) is 0 Å². The maximum absolute atomic E-state index is 6.65. The van der Waals surface area contributed by atoms with Gasteiger partial charge >= 0.3 is 0 Å². The van der Waals surface area contributed by atoms with Crippen molar-refractivity contribution in [1.29, 1.82) is 0 Å².